The van der Waals surface area contributed by atoms with Crippen molar-refractivity contribution in [2.45, 2.75) is 13.9 Å². The SMILES string of the molecule is COc1ccc(C2=NC=NC(C(Cl)(Cl)Cl)N2C(Cl)(Cl)Cl)cc1. The van der Waals surface area contributed by atoms with Crippen molar-refractivity contribution in [1.29, 1.82) is 0 Å². The molecule has 1 atom stereocenters. The van der Waals surface area contributed by atoms with E-state index in [1.165, 1.54) is 11.2 Å². The van der Waals surface area contributed by atoms with Gasteiger partial charge in [-0.05, 0) is 24.3 Å². The highest BCUT2D eigenvalue weighted by atomic mass is 35.6. The molecule has 0 spiro atoms. The number of amidine groups is 1. The summed E-state index contributed by atoms with van der Waals surface area (Å²) in [7, 11) is 1.56. The molecule has 0 aromatic heterocycles. The van der Waals surface area contributed by atoms with E-state index in [1.807, 2.05) is 0 Å². The van der Waals surface area contributed by atoms with Gasteiger partial charge in [0, 0.05) is 5.56 Å². The van der Waals surface area contributed by atoms with Crippen molar-refractivity contribution in [3.63, 3.8) is 0 Å². The molecule has 0 saturated heterocycles. The van der Waals surface area contributed by atoms with Crippen LogP contribution in [-0.4, -0.2) is 38.1 Å². The van der Waals surface area contributed by atoms with Crippen molar-refractivity contribution in [3.05, 3.63) is 29.8 Å². The average Bonchev–Trinajstić information content (AvgIpc) is 2.45. The normalized spacial score (nSPS) is 19.1. The zero-order chi connectivity index (χ0) is 16.5. The van der Waals surface area contributed by atoms with Gasteiger partial charge in [0.05, 0.1) is 7.11 Å². The number of hydrogen-bond acceptors (Lipinski definition) is 4. The lowest BCUT2D eigenvalue weighted by molar-refractivity contribution is 0.321. The molecular formula is C12H9Cl6N3O. The number of halogens is 6. The Bertz CT molecular complexity index is 590. The highest BCUT2D eigenvalue weighted by molar-refractivity contribution is 6.69. The molecule has 1 heterocycles. The Hall–Kier alpha value is -0.100. The van der Waals surface area contributed by atoms with Gasteiger partial charge < -0.3 is 4.74 Å². The first-order valence-corrected chi connectivity index (χ1v) is 8.08. The lowest BCUT2D eigenvalue weighted by Crippen LogP contribution is -2.54. The van der Waals surface area contributed by atoms with Crippen LogP contribution < -0.4 is 4.74 Å². The average molecular weight is 424 g/mol. The summed E-state index contributed by atoms with van der Waals surface area (Å²) in [6.07, 6.45) is 0.221. The van der Waals surface area contributed by atoms with Crippen molar-refractivity contribution in [3.8, 4) is 5.75 Å². The molecule has 1 aromatic rings. The molecule has 0 radical (unpaired) electrons. The van der Waals surface area contributed by atoms with Gasteiger partial charge in [-0.25, -0.2) is 9.98 Å². The summed E-state index contributed by atoms with van der Waals surface area (Å²) < 4.78 is 1.38. The Labute approximate surface area is 157 Å². The first-order valence-electron chi connectivity index (χ1n) is 5.81. The van der Waals surface area contributed by atoms with Gasteiger partial charge in [0.15, 0.2) is 6.17 Å². The molecule has 22 heavy (non-hydrogen) atoms. The predicted octanol–water partition coefficient (Wildman–Crippen LogP) is 4.81. The molecule has 0 amide bonds. The molecule has 0 fully saturated rings. The summed E-state index contributed by atoms with van der Waals surface area (Å²) in [5.74, 6) is 0.987. The van der Waals surface area contributed by atoms with E-state index in [0.717, 1.165) is 0 Å². The highest BCUT2D eigenvalue weighted by Crippen LogP contribution is 2.43. The van der Waals surface area contributed by atoms with Gasteiger partial charge in [-0.15, -0.1) is 0 Å². The van der Waals surface area contributed by atoms with E-state index in [2.05, 4.69) is 9.98 Å². The molecule has 120 valence electrons. The third kappa shape index (κ3) is 4.05. The molecular weight excluding hydrogens is 415 g/mol. The lowest BCUT2D eigenvalue weighted by atomic mass is 10.1. The number of ether oxygens (including phenoxy) is 1. The smallest absolute Gasteiger partial charge is 0.271 e. The fraction of sp³-hybridized carbons (Fsp3) is 0.333. The molecule has 4 nitrogen and oxygen atoms in total. The zero-order valence-electron chi connectivity index (χ0n) is 11.0. The van der Waals surface area contributed by atoms with Crippen molar-refractivity contribution >= 4 is 81.8 Å². The summed E-state index contributed by atoms with van der Waals surface area (Å²) in [4.78, 5) is 9.36. The van der Waals surface area contributed by atoms with Crippen LogP contribution >= 0.6 is 69.6 Å². The van der Waals surface area contributed by atoms with E-state index in [9.17, 15) is 0 Å². The molecule has 1 unspecified atom stereocenters. The monoisotopic (exact) mass is 421 g/mol. The Morgan fingerprint density at radius 2 is 1.64 bits per heavy atom. The Morgan fingerprint density at radius 3 is 2.09 bits per heavy atom. The summed E-state index contributed by atoms with van der Waals surface area (Å²) in [6.45, 7) is 0. The lowest BCUT2D eigenvalue weighted by Gasteiger charge is -2.40. The van der Waals surface area contributed by atoms with Crippen molar-refractivity contribution in [1.82, 2.24) is 4.90 Å². The number of methoxy groups -OCH3 is 1. The third-order valence-electron chi connectivity index (χ3n) is 2.77. The quantitative estimate of drug-likeness (QED) is 0.505. The molecule has 0 bridgehead atoms. The van der Waals surface area contributed by atoms with Crippen LogP contribution in [0.4, 0.5) is 0 Å². The maximum Gasteiger partial charge on any atom is 0.271 e. The van der Waals surface area contributed by atoms with Gasteiger partial charge in [0.2, 0.25) is 3.79 Å². The van der Waals surface area contributed by atoms with E-state index in [0.29, 0.717) is 17.1 Å². The maximum absolute atomic E-state index is 6.02. The standard InChI is InChI=1S/C12H9Cl6N3O/c1-22-8-4-2-7(3-5-8)9-19-6-20-10(11(13,14)15)21(9)12(16,17)18/h2-6,10H,1H3. The van der Waals surface area contributed by atoms with Crippen LogP contribution in [0.3, 0.4) is 0 Å². The van der Waals surface area contributed by atoms with E-state index < -0.39 is 13.9 Å². The number of aliphatic imine (C=N–C) groups is 2. The van der Waals surface area contributed by atoms with Gasteiger partial charge in [-0.2, -0.15) is 0 Å². The van der Waals surface area contributed by atoms with Crippen LogP contribution in [-0.2, 0) is 0 Å². The van der Waals surface area contributed by atoms with E-state index in [-0.39, 0.29) is 0 Å². The van der Waals surface area contributed by atoms with Crippen LogP contribution in [0.2, 0.25) is 0 Å². The van der Waals surface area contributed by atoms with Crippen molar-refractivity contribution < 1.29 is 4.74 Å². The minimum atomic E-state index is -1.91. The number of rotatable bonds is 2. The summed E-state index contributed by atoms with van der Waals surface area (Å²) in [5.41, 5.74) is 0.650. The topological polar surface area (TPSA) is 37.2 Å². The van der Waals surface area contributed by atoms with Crippen LogP contribution in [0.5, 0.6) is 5.75 Å². The largest absolute Gasteiger partial charge is 0.497 e. The molecule has 1 aliphatic heterocycles. The fourth-order valence-corrected chi connectivity index (χ4v) is 2.82. The van der Waals surface area contributed by atoms with Gasteiger partial charge in [0.1, 0.15) is 17.9 Å². The number of alkyl halides is 6. The summed E-state index contributed by atoms with van der Waals surface area (Å²) >= 11 is 35.9. The number of benzene rings is 1. The van der Waals surface area contributed by atoms with Gasteiger partial charge in [0.25, 0.3) is 3.92 Å². The zero-order valence-corrected chi connectivity index (χ0v) is 15.5. The predicted molar refractivity (Wildman–Crippen MR) is 94.2 cm³/mol. The maximum atomic E-state index is 6.02. The molecule has 1 aromatic carbocycles. The summed E-state index contributed by atoms with van der Waals surface area (Å²) in [6, 6.07) is 6.97. The molecule has 2 rings (SSSR count). The third-order valence-corrected chi connectivity index (χ3v) is 3.91. The van der Waals surface area contributed by atoms with E-state index in [1.54, 1.807) is 31.4 Å². The molecule has 10 heteroatoms. The Morgan fingerprint density at radius 1 is 1.05 bits per heavy atom. The Kier molecular flexibility index (Phi) is 5.63. The fourth-order valence-electron chi connectivity index (χ4n) is 1.84. The van der Waals surface area contributed by atoms with E-state index in [4.69, 9.17) is 74.3 Å². The molecule has 1 aliphatic rings. The number of hydrogen-bond donors (Lipinski definition) is 0. The minimum Gasteiger partial charge on any atom is -0.497 e. The number of nitrogens with zero attached hydrogens (tertiary/aromatic N) is 3. The van der Waals surface area contributed by atoms with Gasteiger partial charge in [-0.3, -0.25) is 4.90 Å². The van der Waals surface area contributed by atoms with E-state index >= 15 is 0 Å². The van der Waals surface area contributed by atoms with Crippen molar-refractivity contribution in [2.75, 3.05) is 7.11 Å². The van der Waals surface area contributed by atoms with Crippen LogP contribution in [0.15, 0.2) is 34.3 Å². The van der Waals surface area contributed by atoms with Gasteiger partial charge in [-0.1, -0.05) is 69.6 Å². The van der Waals surface area contributed by atoms with Crippen LogP contribution in [0, 0.1) is 0 Å². The van der Waals surface area contributed by atoms with Crippen molar-refractivity contribution in [2.24, 2.45) is 9.98 Å². The molecule has 0 N–H and O–H groups in total. The first-order chi connectivity index (χ1) is 10.1. The van der Waals surface area contributed by atoms with Crippen LogP contribution in [0.25, 0.3) is 0 Å². The molecule has 0 aliphatic carbocycles. The second kappa shape index (κ2) is 6.80. The van der Waals surface area contributed by atoms with Crippen LogP contribution in [0.1, 0.15) is 5.56 Å². The highest BCUT2D eigenvalue weighted by Gasteiger charge is 2.48. The second-order valence-corrected chi connectivity index (χ2v) is 8.79. The minimum absolute atomic E-state index is 0.314. The Balaban J connectivity index is 2.47. The van der Waals surface area contributed by atoms with Gasteiger partial charge >= 0.3 is 0 Å². The summed E-state index contributed by atoms with van der Waals surface area (Å²) in [5, 5.41) is 0. The molecule has 0 saturated carbocycles. The first kappa shape index (κ1) is 18.2. The second-order valence-electron chi connectivity index (χ2n) is 4.20.